The van der Waals surface area contributed by atoms with Gasteiger partial charge in [0.15, 0.2) is 6.61 Å². The Bertz CT molecular complexity index is 1130. The lowest BCUT2D eigenvalue weighted by Gasteiger charge is -2.26. The van der Waals surface area contributed by atoms with E-state index in [-0.39, 0.29) is 23.5 Å². The predicted molar refractivity (Wildman–Crippen MR) is 111 cm³/mol. The maximum atomic E-state index is 12.9. The molecule has 0 spiro atoms. The van der Waals surface area contributed by atoms with Gasteiger partial charge in [0.25, 0.3) is 5.91 Å². The zero-order valence-corrected chi connectivity index (χ0v) is 17.6. The fourth-order valence-electron chi connectivity index (χ4n) is 3.01. The summed E-state index contributed by atoms with van der Waals surface area (Å²) < 4.78 is 37.4. The Balaban J connectivity index is 1.67. The molecular formula is C21H21N3O6S. The van der Waals surface area contributed by atoms with E-state index >= 15 is 0 Å². The van der Waals surface area contributed by atoms with Crippen molar-refractivity contribution >= 4 is 27.6 Å². The van der Waals surface area contributed by atoms with Crippen LogP contribution < -0.4 is 5.32 Å². The largest absolute Gasteiger partial charge is 0.452 e. The van der Waals surface area contributed by atoms with Gasteiger partial charge in [-0.15, -0.1) is 0 Å². The zero-order valence-electron chi connectivity index (χ0n) is 16.8. The summed E-state index contributed by atoms with van der Waals surface area (Å²) in [5.41, 5.74) is 1.30. The molecule has 1 aliphatic heterocycles. The second kappa shape index (κ2) is 9.70. The SMILES string of the molecule is Cc1ccc(C(=O)OCC(=O)Nc2cccc(C#N)c2)cc1S(=O)(=O)N1CCOCC1. The molecule has 0 radical (unpaired) electrons. The molecule has 0 unspecified atom stereocenters. The van der Waals surface area contributed by atoms with Crippen molar-refractivity contribution in [1.29, 1.82) is 5.26 Å². The Labute approximate surface area is 180 Å². The number of esters is 1. The summed E-state index contributed by atoms with van der Waals surface area (Å²) in [7, 11) is -3.79. The van der Waals surface area contributed by atoms with Crippen molar-refractivity contribution in [2.75, 3.05) is 38.2 Å². The fourth-order valence-corrected chi connectivity index (χ4v) is 4.67. The minimum Gasteiger partial charge on any atom is -0.452 e. The van der Waals surface area contributed by atoms with E-state index in [4.69, 9.17) is 14.7 Å². The van der Waals surface area contributed by atoms with Crippen molar-refractivity contribution in [3.8, 4) is 6.07 Å². The van der Waals surface area contributed by atoms with Crippen LogP contribution in [0.5, 0.6) is 0 Å². The van der Waals surface area contributed by atoms with E-state index in [1.54, 1.807) is 25.1 Å². The summed E-state index contributed by atoms with van der Waals surface area (Å²) in [4.78, 5) is 24.5. The van der Waals surface area contributed by atoms with Crippen LogP contribution in [0.15, 0.2) is 47.4 Å². The van der Waals surface area contributed by atoms with E-state index < -0.39 is 28.5 Å². The Hall–Kier alpha value is -3.26. The van der Waals surface area contributed by atoms with Gasteiger partial charge in [-0.1, -0.05) is 12.1 Å². The van der Waals surface area contributed by atoms with Gasteiger partial charge in [0, 0.05) is 18.8 Å². The number of anilines is 1. The van der Waals surface area contributed by atoms with Gasteiger partial charge < -0.3 is 14.8 Å². The molecule has 0 aliphatic carbocycles. The van der Waals surface area contributed by atoms with Crippen LogP contribution in [0.3, 0.4) is 0 Å². The molecule has 2 aromatic carbocycles. The van der Waals surface area contributed by atoms with Crippen LogP contribution in [0.4, 0.5) is 5.69 Å². The van der Waals surface area contributed by atoms with E-state index in [0.29, 0.717) is 30.0 Å². The number of carbonyl (C=O) groups excluding carboxylic acids is 2. The van der Waals surface area contributed by atoms with Gasteiger partial charge in [0.2, 0.25) is 10.0 Å². The first kappa shape index (κ1) is 22.4. The number of benzene rings is 2. The third-order valence-corrected chi connectivity index (χ3v) is 6.66. The van der Waals surface area contributed by atoms with Gasteiger partial charge in [-0.25, -0.2) is 13.2 Å². The number of ether oxygens (including phenoxy) is 2. The first-order chi connectivity index (χ1) is 14.8. The van der Waals surface area contributed by atoms with Crippen molar-refractivity contribution in [2.45, 2.75) is 11.8 Å². The Morgan fingerprint density at radius 3 is 2.65 bits per heavy atom. The lowest BCUT2D eigenvalue weighted by atomic mass is 10.1. The molecule has 0 bridgehead atoms. The highest BCUT2D eigenvalue weighted by atomic mass is 32.2. The molecule has 31 heavy (non-hydrogen) atoms. The number of aryl methyl sites for hydroxylation is 1. The van der Waals surface area contributed by atoms with Gasteiger partial charge in [-0.05, 0) is 42.8 Å². The second-order valence-corrected chi connectivity index (χ2v) is 8.72. The number of amides is 1. The summed E-state index contributed by atoms with van der Waals surface area (Å²) in [6, 6.07) is 12.5. The molecule has 0 atom stereocenters. The van der Waals surface area contributed by atoms with Gasteiger partial charge in [0.1, 0.15) is 0 Å². The van der Waals surface area contributed by atoms with Crippen LogP contribution in [0.1, 0.15) is 21.5 Å². The average molecular weight is 443 g/mol. The molecule has 1 amide bonds. The van der Waals surface area contributed by atoms with E-state index in [0.717, 1.165) is 0 Å². The summed E-state index contributed by atoms with van der Waals surface area (Å²) >= 11 is 0. The molecule has 3 rings (SSSR count). The first-order valence-electron chi connectivity index (χ1n) is 9.47. The summed E-state index contributed by atoms with van der Waals surface area (Å²) in [5.74, 6) is -1.41. The smallest absolute Gasteiger partial charge is 0.338 e. The number of rotatable bonds is 6. The maximum absolute atomic E-state index is 12.9. The highest BCUT2D eigenvalue weighted by molar-refractivity contribution is 7.89. The quantitative estimate of drug-likeness (QED) is 0.673. The van der Waals surface area contributed by atoms with Gasteiger partial charge in [0.05, 0.1) is 35.3 Å². The minimum atomic E-state index is -3.79. The van der Waals surface area contributed by atoms with Crippen LogP contribution >= 0.6 is 0 Å². The predicted octanol–water partition coefficient (Wildman–Crippen LogP) is 1.68. The molecule has 1 N–H and O–H groups in total. The number of hydrogen-bond acceptors (Lipinski definition) is 7. The number of nitriles is 1. The monoisotopic (exact) mass is 443 g/mol. The van der Waals surface area contributed by atoms with Gasteiger partial charge in [-0.2, -0.15) is 9.57 Å². The zero-order chi connectivity index (χ0) is 22.4. The molecule has 1 heterocycles. The first-order valence-corrected chi connectivity index (χ1v) is 10.9. The van der Waals surface area contributed by atoms with Crippen molar-refractivity contribution in [3.63, 3.8) is 0 Å². The standard InChI is InChI=1S/C21H21N3O6S/c1-15-5-6-17(12-19(15)31(27,28)24-7-9-29-10-8-24)21(26)30-14-20(25)23-18-4-2-3-16(11-18)13-22/h2-6,11-12H,7-10,14H2,1H3,(H,23,25). The van der Waals surface area contributed by atoms with Crippen LogP contribution in [0.25, 0.3) is 0 Å². The molecule has 1 aliphatic rings. The number of nitrogens with one attached hydrogen (secondary N) is 1. The van der Waals surface area contributed by atoms with Crippen LogP contribution in [-0.4, -0.2) is 57.5 Å². The van der Waals surface area contributed by atoms with Gasteiger partial charge >= 0.3 is 5.97 Å². The number of hydrogen-bond donors (Lipinski definition) is 1. The number of carbonyl (C=O) groups is 2. The minimum absolute atomic E-state index is 0.0154. The van der Waals surface area contributed by atoms with Crippen molar-refractivity contribution < 1.29 is 27.5 Å². The number of sulfonamides is 1. The van der Waals surface area contributed by atoms with Crippen LogP contribution in [0, 0.1) is 18.3 Å². The Kier molecular flexibility index (Phi) is 7.02. The molecule has 9 nitrogen and oxygen atoms in total. The third-order valence-electron chi connectivity index (χ3n) is 4.62. The fraction of sp³-hybridized carbons (Fsp3) is 0.286. The van der Waals surface area contributed by atoms with E-state index in [1.165, 1.54) is 28.6 Å². The Morgan fingerprint density at radius 2 is 1.94 bits per heavy atom. The van der Waals surface area contributed by atoms with Crippen LogP contribution in [0.2, 0.25) is 0 Å². The summed E-state index contributed by atoms with van der Waals surface area (Å²) in [5, 5.41) is 11.4. The molecule has 0 aromatic heterocycles. The molecule has 1 saturated heterocycles. The molecule has 1 fully saturated rings. The average Bonchev–Trinajstić information content (AvgIpc) is 2.78. The van der Waals surface area contributed by atoms with E-state index in [2.05, 4.69) is 5.32 Å². The van der Waals surface area contributed by atoms with Crippen molar-refractivity contribution in [1.82, 2.24) is 4.31 Å². The summed E-state index contributed by atoms with van der Waals surface area (Å²) in [6.07, 6.45) is 0. The maximum Gasteiger partial charge on any atom is 0.338 e. The van der Waals surface area contributed by atoms with Crippen molar-refractivity contribution in [3.05, 3.63) is 59.2 Å². The molecular weight excluding hydrogens is 422 g/mol. The summed E-state index contributed by atoms with van der Waals surface area (Å²) in [6.45, 7) is 2.19. The third kappa shape index (κ3) is 5.46. The van der Waals surface area contributed by atoms with Crippen molar-refractivity contribution in [2.24, 2.45) is 0 Å². The molecule has 162 valence electrons. The molecule has 10 heteroatoms. The van der Waals surface area contributed by atoms with E-state index in [1.807, 2.05) is 6.07 Å². The normalized spacial score (nSPS) is 14.5. The second-order valence-electron chi connectivity index (χ2n) is 6.81. The number of nitrogens with zero attached hydrogens (tertiary/aromatic N) is 2. The van der Waals surface area contributed by atoms with E-state index in [9.17, 15) is 18.0 Å². The topological polar surface area (TPSA) is 126 Å². The lowest BCUT2D eigenvalue weighted by Crippen LogP contribution is -2.40. The Morgan fingerprint density at radius 1 is 1.19 bits per heavy atom. The number of morpholine rings is 1. The van der Waals surface area contributed by atoms with Gasteiger partial charge in [-0.3, -0.25) is 4.79 Å². The van der Waals surface area contributed by atoms with Crippen LogP contribution in [-0.2, 0) is 24.3 Å². The lowest BCUT2D eigenvalue weighted by molar-refractivity contribution is -0.119. The highest BCUT2D eigenvalue weighted by Crippen LogP contribution is 2.22. The highest BCUT2D eigenvalue weighted by Gasteiger charge is 2.28. The molecule has 0 saturated carbocycles. The molecule has 2 aromatic rings.